The van der Waals surface area contributed by atoms with Gasteiger partial charge in [0.2, 0.25) is 0 Å². The first kappa shape index (κ1) is 10.2. The number of aromatic nitrogens is 4. The molecule has 2 heterocycles. The molecule has 84 valence electrons. The Hall–Kier alpha value is -2.31. The summed E-state index contributed by atoms with van der Waals surface area (Å²) in [5, 5.41) is 12.9. The normalized spacial score (nSPS) is 10.3. The Labute approximate surface area is 91.6 Å². The van der Waals surface area contributed by atoms with E-state index < -0.39 is 0 Å². The van der Waals surface area contributed by atoms with Gasteiger partial charge in [-0.3, -0.25) is 14.6 Å². The van der Waals surface area contributed by atoms with Gasteiger partial charge in [0.1, 0.15) is 5.69 Å². The van der Waals surface area contributed by atoms with Crippen LogP contribution in [-0.2, 0) is 13.6 Å². The molecule has 7 heteroatoms. The van der Waals surface area contributed by atoms with Crippen molar-refractivity contribution in [2.24, 2.45) is 7.05 Å². The van der Waals surface area contributed by atoms with Crippen molar-refractivity contribution in [3.63, 3.8) is 0 Å². The first-order valence-corrected chi connectivity index (χ1v) is 4.71. The van der Waals surface area contributed by atoms with Gasteiger partial charge in [-0.05, 0) is 0 Å². The molecule has 16 heavy (non-hydrogen) atoms. The minimum atomic E-state index is -0.279. The van der Waals surface area contributed by atoms with Crippen LogP contribution in [0.2, 0.25) is 0 Å². The van der Waals surface area contributed by atoms with Crippen molar-refractivity contribution in [2.45, 2.75) is 6.54 Å². The van der Waals surface area contributed by atoms with Gasteiger partial charge >= 0.3 is 0 Å². The molecule has 7 nitrogen and oxygen atoms in total. The Morgan fingerprint density at radius 1 is 1.62 bits per heavy atom. The highest BCUT2D eigenvalue weighted by Crippen LogP contribution is 2.05. The van der Waals surface area contributed by atoms with Gasteiger partial charge in [-0.25, -0.2) is 0 Å². The lowest BCUT2D eigenvalue weighted by Gasteiger charge is -2.01. The van der Waals surface area contributed by atoms with Gasteiger partial charge in [0, 0.05) is 25.4 Å². The molecule has 0 aliphatic rings. The maximum Gasteiger partial charge on any atom is 0.271 e. The molecule has 0 aliphatic heterocycles. The van der Waals surface area contributed by atoms with E-state index >= 15 is 0 Å². The molecule has 0 saturated carbocycles. The molecule has 0 aromatic carbocycles. The minimum Gasteiger partial charge on any atom is -0.396 e. The first-order valence-electron chi connectivity index (χ1n) is 4.71. The van der Waals surface area contributed by atoms with E-state index in [4.69, 9.17) is 5.73 Å². The Bertz CT molecular complexity index is 500. The molecule has 0 spiro atoms. The average Bonchev–Trinajstić information content (AvgIpc) is 2.84. The van der Waals surface area contributed by atoms with Gasteiger partial charge in [-0.15, -0.1) is 0 Å². The second kappa shape index (κ2) is 4.05. The fourth-order valence-electron chi connectivity index (χ4n) is 1.31. The van der Waals surface area contributed by atoms with E-state index in [-0.39, 0.29) is 11.6 Å². The number of aryl methyl sites for hydroxylation is 1. The summed E-state index contributed by atoms with van der Waals surface area (Å²) < 4.78 is 1.67. The molecule has 0 aliphatic carbocycles. The predicted octanol–water partition coefficient (Wildman–Crippen LogP) is -0.345. The number of amides is 1. The van der Waals surface area contributed by atoms with E-state index in [1.807, 2.05) is 13.2 Å². The molecule has 0 atom stereocenters. The molecule has 0 unspecified atom stereocenters. The number of carbonyl (C=O) groups is 1. The number of nitrogens with zero attached hydrogens (tertiary/aromatic N) is 3. The number of nitrogens with two attached hydrogens (primary N) is 1. The summed E-state index contributed by atoms with van der Waals surface area (Å²) in [5.41, 5.74) is 7.09. The third-order valence-corrected chi connectivity index (χ3v) is 2.11. The molecular formula is C9H12N6O. The summed E-state index contributed by atoms with van der Waals surface area (Å²) in [5.74, 6) is -0.279. The SMILES string of the molecule is Cn1cc(CNC(=O)c2[nH]ncc2N)cn1. The van der Waals surface area contributed by atoms with E-state index in [1.54, 1.807) is 10.9 Å². The van der Waals surface area contributed by atoms with Crippen LogP contribution < -0.4 is 11.1 Å². The second-order valence-electron chi connectivity index (χ2n) is 3.41. The zero-order valence-corrected chi connectivity index (χ0v) is 8.77. The van der Waals surface area contributed by atoms with Crippen LogP contribution in [0.1, 0.15) is 16.1 Å². The lowest BCUT2D eigenvalue weighted by atomic mass is 10.3. The highest BCUT2D eigenvalue weighted by molar-refractivity contribution is 5.96. The van der Waals surface area contributed by atoms with Crippen LogP contribution in [0, 0.1) is 0 Å². The Kier molecular flexibility index (Phi) is 2.59. The van der Waals surface area contributed by atoms with Crippen LogP contribution in [0.4, 0.5) is 5.69 Å². The van der Waals surface area contributed by atoms with Crippen molar-refractivity contribution >= 4 is 11.6 Å². The number of nitrogens with one attached hydrogen (secondary N) is 2. The number of rotatable bonds is 3. The maximum absolute atomic E-state index is 11.6. The summed E-state index contributed by atoms with van der Waals surface area (Å²) in [6, 6.07) is 0. The van der Waals surface area contributed by atoms with E-state index in [9.17, 15) is 4.79 Å². The van der Waals surface area contributed by atoms with Crippen molar-refractivity contribution < 1.29 is 4.79 Å². The average molecular weight is 220 g/mol. The van der Waals surface area contributed by atoms with Crippen molar-refractivity contribution in [2.75, 3.05) is 5.73 Å². The van der Waals surface area contributed by atoms with E-state index in [1.165, 1.54) is 6.20 Å². The molecule has 0 saturated heterocycles. The third kappa shape index (κ3) is 2.02. The van der Waals surface area contributed by atoms with Crippen LogP contribution in [0.25, 0.3) is 0 Å². The summed E-state index contributed by atoms with van der Waals surface area (Å²) in [4.78, 5) is 11.6. The Balaban J connectivity index is 1.96. The van der Waals surface area contributed by atoms with Crippen molar-refractivity contribution in [1.29, 1.82) is 0 Å². The predicted molar refractivity (Wildman–Crippen MR) is 57.4 cm³/mol. The number of anilines is 1. The van der Waals surface area contributed by atoms with Crippen LogP contribution >= 0.6 is 0 Å². The van der Waals surface area contributed by atoms with E-state index in [2.05, 4.69) is 20.6 Å². The van der Waals surface area contributed by atoms with Crippen molar-refractivity contribution in [1.82, 2.24) is 25.3 Å². The van der Waals surface area contributed by atoms with Crippen LogP contribution in [0.15, 0.2) is 18.6 Å². The second-order valence-corrected chi connectivity index (χ2v) is 3.41. The maximum atomic E-state index is 11.6. The molecule has 2 aromatic rings. The highest BCUT2D eigenvalue weighted by Gasteiger charge is 2.11. The Morgan fingerprint density at radius 2 is 2.44 bits per heavy atom. The number of H-pyrrole nitrogens is 1. The molecule has 0 radical (unpaired) electrons. The minimum absolute atomic E-state index is 0.279. The fourth-order valence-corrected chi connectivity index (χ4v) is 1.31. The molecule has 0 fully saturated rings. The molecule has 4 N–H and O–H groups in total. The number of nitrogen functional groups attached to an aromatic ring is 1. The number of carbonyl (C=O) groups excluding carboxylic acids is 1. The van der Waals surface area contributed by atoms with Crippen LogP contribution in [-0.4, -0.2) is 25.9 Å². The molecular weight excluding hydrogens is 208 g/mol. The summed E-state index contributed by atoms with van der Waals surface area (Å²) >= 11 is 0. The standard InChI is InChI=1S/C9H12N6O/c1-15-5-6(3-13-15)2-11-9(16)8-7(10)4-12-14-8/h3-5H,2,10H2,1H3,(H,11,16)(H,12,14). The molecule has 2 aromatic heterocycles. The van der Waals surface area contributed by atoms with E-state index in [0.717, 1.165) is 5.56 Å². The topological polar surface area (TPSA) is 102 Å². The van der Waals surface area contributed by atoms with Gasteiger partial charge in [0.25, 0.3) is 5.91 Å². The van der Waals surface area contributed by atoms with Gasteiger partial charge in [-0.1, -0.05) is 0 Å². The van der Waals surface area contributed by atoms with Crippen molar-refractivity contribution in [3.8, 4) is 0 Å². The number of hydrogen-bond donors (Lipinski definition) is 3. The number of aromatic amines is 1. The van der Waals surface area contributed by atoms with Gasteiger partial charge in [-0.2, -0.15) is 10.2 Å². The first-order chi connectivity index (χ1) is 7.66. The van der Waals surface area contributed by atoms with Gasteiger partial charge in [0.05, 0.1) is 18.1 Å². The quantitative estimate of drug-likeness (QED) is 0.658. The van der Waals surface area contributed by atoms with Crippen LogP contribution in [0.5, 0.6) is 0 Å². The monoisotopic (exact) mass is 220 g/mol. The highest BCUT2D eigenvalue weighted by atomic mass is 16.1. The summed E-state index contributed by atoms with van der Waals surface area (Å²) in [7, 11) is 1.82. The summed E-state index contributed by atoms with van der Waals surface area (Å²) in [6.07, 6.45) is 4.92. The zero-order valence-electron chi connectivity index (χ0n) is 8.77. The zero-order chi connectivity index (χ0) is 11.5. The third-order valence-electron chi connectivity index (χ3n) is 2.11. The van der Waals surface area contributed by atoms with Gasteiger partial charge in [0.15, 0.2) is 0 Å². The smallest absolute Gasteiger partial charge is 0.271 e. The molecule has 0 bridgehead atoms. The largest absolute Gasteiger partial charge is 0.396 e. The van der Waals surface area contributed by atoms with Gasteiger partial charge < -0.3 is 11.1 Å². The lowest BCUT2D eigenvalue weighted by Crippen LogP contribution is -2.23. The van der Waals surface area contributed by atoms with Crippen molar-refractivity contribution in [3.05, 3.63) is 29.8 Å². The van der Waals surface area contributed by atoms with E-state index in [0.29, 0.717) is 12.2 Å². The lowest BCUT2D eigenvalue weighted by molar-refractivity contribution is 0.0947. The fraction of sp³-hybridized carbons (Fsp3) is 0.222. The molecule has 1 amide bonds. The van der Waals surface area contributed by atoms with Crippen LogP contribution in [0.3, 0.4) is 0 Å². The number of hydrogen-bond acceptors (Lipinski definition) is 4. The Morgan fingerprint density at radius 3 is 3.00 bits per heavy atom. The summed E-state index contributed by atoms with van der Waals surface area (Å²) in [6.45, 7) is 0.408. The molecule has 2 rings (SSSR count).